The maximum Gasteiger partial charge on any atom is 0.146 e. The Labute approximate surface area is 110 Å². The second-order valence-electron chi connectivity index (χ2n) is 4.39. The van der Waals surface area contributed by atoms with Gasteiger partial charge in [-0.05, 0) is 23.8 Å². The lowest BCUT2D eigenvalue weighted by atomic mass is 10.1. The fraction of sp³-hybridized carbons (Fsp3) is 0.200. The topological polar surface area (TPSA) is 23.5 Å². The minimum atomic E-state index is -0.426. The number of hydrogen-bond donors (Lipinski definition) is 1. The number of benzene rings is 2. The van der Waals surface area contributed by atoms with Gasteiger partial charge < -0.3 is 10.0 Å². The van der Waals surface area contributed by atoms with Crippen LogP contribution in [0.3, 0.4) is 0 Å². The molecule has 0 saturated carbocycles. The van der Waals surface area contributed by atoms with Crippen molar-refractivity contribution in [2.45, 2.75) is 13.2 Å². The van der Waals surface area contributed by atoms with Gasteiger partial charge in [0.2, 0.25) is 0 Å². The van der Waals surface area contributed by atoms with Crippen LogP contribution < -0.4 is 4.90 Å². The molecule has 0 fully saturated rings. The Morgan fingerprint density at radius 1 is 1.05 bits per heavy atom. The van der Waals surface area contributed by atoms with Crippen molar-refractivity contribution in [3.8, 4) is 0 Å². The summed E-state index contributed by atoms with van der Waals surface area (Å²) in [5, 5.41) is 8.93. The molecule has 4 heteroatoms. The van der Waals surface area contributed by atoms with Crippen LogP contribution in [0.2, 0.25) is 0 Å². The summed E-state index contributed by atoms with van der Waals surface area (Å²) in [6.45, 7) is 0.0797. The number of rotatable bonds is 4. The van der Waals surface area contributed by atoms with Crippen molar-refractivity contribution in [3.63, 3.8) is 0 Å². The number of aliphatic hydroxyl groups excluding tert-OH is 1. The highest BCUT2D eigenvalue weighted by molar-refractivity contribution is 5.49. The van der Waals surface area contributed by atoms with Crippen LogP contribution in [-0.4, -0.2) is 12.2 Å². The van der Waals surface area contributed by atoms with Gasteiger partial charge in [-0.15, -0.1) is 0 Å². The van der Waals surface area contributed by atoms with Crippen LogP contribution in [0.4, 0.5) is 14.5 Å². The number of nitrogens with zero attached hydrogens (tertiary/aromatic N) is 1. The van der Waals surface area contributed by atoms with E-state index in [1.54, 1.807) is 42.3 Å². The van der Waals surface area contributed by atoms with Gasteiger partial charge in [-0.2, -0.15) is 0 Å². The molecule has 0 unspecified atom stereocenters. The van der Waals surface area contributed by atoms with Crippen LogP contribution in [0.5, 0.6) is 0 Å². The first-order valence-electron chi connectivity index (χ1n) is 5.95. The zero-order chi connectivity index (χ0) is 13.8. The van der Waals surface area contributed by atoms with Gasteiger partial charge in [0, 0.05) is 19.2 Å². The van der Waals surface area contributed by atoms with Crippen LogP contribution in [0.15, 0.2) is 42.5 Å². The molecule has 0 atom stereocenters. The number of aliphatic hydroxyl groups is 1. The molecule has 2 aromatic rings. The lowest BCUT2D eigenvalue weighted by molar-refractivity contribution is 0.281. The van der Waals surface area contributed by atoms with E-state index >= 15 is 0 Å². The van der Waals surface area contributed by atoms with E-state index < -0.39 is 5.82 Å². The zero-order valence-electron chi connectivity index (χ0n) is 10.6. The first kappa shape index (κ1) is 13.5. The van der Waals surface area contributed by atoms with Crippen molar-refractivity contribution >= 4 is 5.69 Å². The molecular formula is C15H15F2NO. The van der Waals surface area contributed by atoms with E-state index in [0.717, 1.165) is 0 Å². The standard InChI is InChI=1S/C15H15F2NO/c1-18(9-12-4-2-3-5-13(12)16)15-7-6-11(10-19)8-14(15)17/h2-8,19H,9-10H2,1H3. The van der Waals surface area contributed by atoms with Crippen molar-refractivity contribution in [2.24, 2.45) is 0 Å². The predicted octanol–water partition coefficient (Wildman–Crippen LogP) is 3.09. The van der Waals surface area contributed by atoms with Gasteiger partial charge in [-0.1, -0.05) is 24.3 Å². The fourth-order valence-corrected chi connectivity index (χ4v) is 1.93. The van der Waals surface area contributed by atoms with E-state index in [2.05, 4.69) is 0 Å². The second-order valence-corrected chi connectivity index (χ2v) is 4.39. The number of hydrogen-bond acceptors (Lipinski definition) is 2. The summed E-state index contributed by atoms with van der Waals surface area (Å²) in [6, 6.07) is 10.9. The van der Waals surface area contributed by atoms with Gasteiger partial charge in [-0.25, -0.2) is 8.78 Å². The molecule has 100 valence electrons. The minimum Gasteiger partial charge on any atom is -0.392 e. The predicted molar refractivity (Wildman–Crippen MR) is 70.8 cm³/mol. The summed E-state index contributed by atoms with van der Waals surface area (Å²) in [5.74, 6) is -0.730. The fourth-order valence-electron chi connectivity index (χ4n) is 1.93. The van der Waals surface area contributed by atoms with Crippen LogP contribution in [0.25, 0.3) is 0 Å². The SMILES string of the molecule is CN(Cc1ccccc1F)c1ccc(CO)cc1F. The Hall–Kier alpha value is -1.94. The summed E-state index contributed by atoms with van der Waals surface area (Å²) < 4.78 is 27.4. The summed E-state index contributed by atoms with van der Waals surface area (Å²) >= 11 is 0. The Morgan fingerprint density at radius 3 is 2.42 bits per heavy atom. The van der Waals surface area contributed by atoms with Gasteiger partial charge in [0.1, 0.15) is 11.6 Å². The van der Waals surface area contributed by atoms with E-state index in [9.17, 15) is 8.78 Å². The monoisotopic (exact) mass is 263 g/mol. The summed E-state index contributed by atoms with van der Waals surface area (Å²) in [4.78, 5) is 1.63. The molecule has 0 saturated heterocycles. The smallest absolute Gasteiger partial charge is 0.146 e. The van der Waals surface area contributed by atoms with Crippen LogP contribution >= 0.6 is 0 Å². The average Bonchev–Trinajstić information content (AvgIpc) is 2.41. The molecule has 1 N–H and O–H groups in total. The van der Waals surface area contributed by atoms with Crippen molar-refractivity contribution in [1.82, 2.24) is 0 Å². The molecule has 2 rings (SSSR count). The third kappa shape index (κ3) is 3.09. The molecule has 0 aromatic heterocycles. The zero-order valence-corrected chi connectivity index (χ0v) is 10.6. The molecule has 2 aromatic carbocycles. The molecule has 0 bridgehead atoms. The number of anilines is 1. The highest BCUT2D eigenvalue weighted by Gasteiger charge is 2.10. The maximum atomic E-state index is 13.8. The first-order valence-corrected chi connectivity index (χ1v) is 5.95. The normalized spacial score (nSPS) is 10.5. The molecule has 2 nitrogen and oxygen atoms in total. The van der Waals surface area contributed by atoms with Crippen LogP contribution in [0, 0.1) is 11.6 Å². The molecule has 19 heavy (non-hydrogen) atoms. The highest BCUT2D eigenvalue weighted by Crippen LogP contribution is 2.22. The van der Waals surface area contributed by atoms with E-state index in [-0.39, 0.29) is 19.0 Å². The van der Waals surface area contributed by atoms with Crippen molar-refractivity contribution < 1.29 is 13.9 Å². The van der Waals surface area contributed by atoms with E-state index in [0.29, 0.717) is 16.8 Å². The van der Waals surface area contributed by atoms with Gasteiger partial charge in [0.05, 0.1) is 12.3 Å². The molecule has 0 aliphatic rings. The van der Waals surface area contributed by atoms with E-state index in [1.165, 1.54) is 12.1 Å². The molecule has 0 spiro atoms. The largest absolute Gasteiger partial charge is 0.392 e. The lowest BCUT2D eigenvalue weighted by Crippen LogP contribution is -2.18. The maximum absolute atomic E-state index is 13.8. The van der Waals surface area contributed by atoms with Gasteiger partial charge in [0.15, 0.2) is 0 Å². The van der Waals surface area contributed by atoms with Crippen LogP contribution in [0.1, 0.15) is 11.1 Å². The highest BCUT2D eigenvalue weighted by atomic mass is 19.1. The molecular weight excluding hydrogens is 248 g/mol. The Balaban J connectivity index is 2.21. The average molecular weight is 263 g/mol. The quantitative estimate of drug-likeness (QED) is 0.916. The van der Waals surface area contributed by atoms with Crippen LogP contribution in [-0.2, 0) is 13.2 Å². The van der Waals surface area contributed by atoms with Crippen molar-refractivity contribution in [3.05, 3.63) is 65.2 Å². The number of halogens is 2. The summed E-state index contributed by atoms with van der Waals surface area (Å²) in [7, 11) is 1.70. The summed E-state index contributed by atoms with van der Waals surface area (Å²) in [6.07, 6.45) is 0. The van der Waals surface area contributed by atoms with Gasteiger partial charge in [-0.3, -0.25) is 0 Å². The van der Waals surface area contributed by atoms with Crippen molar-refractivity contribution in [2.75, 3.05) is 11.9 Å². The molecule has 0 heterocycles. The molecule has 0 amide bonds. The minimum absolute atomic E-state index is 0.200. The van der Waals surface area contributed by atoms with Gasteiger partial charge in [0.25, 0.3) is 0 Å². The second kappa shape index (κ2) is 5.80. The van der Waals surface area contributed by atoms with Crippen molar-refractivity contribution in [1.29, 1.82) is 0 Å². The Kier molecular flexibility index (Phi) is 4.12. The third-order valence-electron chi connectivity index (χ3n) is 2.97. The third-order valence-corrected chi connectivity index (χ3v) is 2.97. The first-order chi connectivity index (χ1) is 9.11. The molecule has 0 aliphatic heterocycles. The lowest BCUT2D eigenvalue weighted by Gasteiger charge is -2.20. The van der Waals surface area contributed by atoms with Gasteiger partial charge >= 0.3 is 0 Å². The van der Waals surface area contributed by atoms with E-state index in [1.807, 2.05) is 0 Å². The molecule has 0 radical (unpaired) electrons. The summed E-state index contributed by atoms with van der Waals surface area (Å²) in [5.41, 5.74) is 1.40. The Bertz CT molecular complexity index is 572. The van der Waals surface area contributed by atoms with E-state index in [4.69, 9.17) is 5.11 Å². The molecule has 0 aliphatic carbocycles. The Morgan fingerprint density at radius 2 is 1.79 bits per heavy atom.